The van der Waals surface area contributed by atoms with Gasteiger partial charge in [0.05, 0.1) is 23.0 Å². The van der Waals surface area contributed by atoms with Gasteiger partial charge in [-0.1, -0.05) is 18.2 Å². The fourth-order valence-corrected chi connectivity index (χ4v) is 5.34. The minimum Gasteiger partial charge on any atom is -0.289 e. The van der Waals surface area contributed by atoms with Crippen molar-refractivity contribution in [2.24, 2.45) is 0 Å². The van der Waals surface area contributed by atoms with Gasteiger partial charge >= 0.3 is 5.51 Å². The van der Waals surface area contributed by atoms with Gasteiger partial charge in [0.25, 0.3) is 10.0 Å². The third-order valence-electron chi connectivity index (χ3n) is 3.93. The van der Waals surface area contributed by atoms with E-state index in [2.05, 4.69) is 0 Å². The molecule has 0 bridgehead atoms. The number of hydroxylamine groups is 1. The smallest absolute Gasteiger partial charge is 0.289 e. The summed E-state index contributed by atoms with van der Waals surface area (Å²) in [5.74, 6) is -0.791. The van der Waals surface area contributed by atoms with Crippen molar-refractivity contribution in [1.82, 2.24) is 5.48 Å². The lowest BCUT2D eigenvalue weighted by molar-refractivity contribution is -0.129. The number of sulfonamides is 1. The molecule has 1 aliphatic heterocycles. The van der Waals surface area contributed by atoms with Crippen LogP contribution in [-0.2, 0) is 14.8 Å². The molecule has 3 rings (SSSR count). The first-order chi connectivity index (χ1) is 12.6. The monoisotopic (exact) mass is 418 g/mol. The fraction of sp³-hybridized carbons (Fsp3) is 0.188. The second-order valence-electron chi connectivity index (χ2n) is 5.64. The minimum atomic E-state index is -4.46. The number of amides is 1. The van der Waals surface area contributed by atoms with Gasteiger partial charge in [0, 0.05) is 4.90 Å². The molecule has 0 aliphatic carbocycles. The summed E-state index contributed by atoms with van der Waals surface area (Å²) in [6, 6.07) is 9.99. The minimum absolute atomic E-state index is 0.00878. The highest BCUT2D eigenvalue weighted by molar-refractivity contribution is 8.00. The Morgan fingerprint density at radius 3 is 2.37 bits per heavy atom. The Balaban J connectivity index is 2.03. The normalized spacial score (nSPS) is 18.2. The van der Waals surface area contributed by atoms with E-state index >= 15 is 0 Å². The highest BCUT2D eigenvalue weighted by atomic mass is 32.2. The predicted octanol–water partition coefficient (Wildman–Crippen LogP) is 3.44. The van der Waals surface area contributed by atoms with E-state index in [9.17, 15) is 26.4 Å². The van der Waals surface area contributed by atoms with Crippen LogP contribution in [0.25, 0.3) is 0 Å². The predicted molar refractivity (Wildman–Crippen MR) is 91.7 cm³/mol. The van der Waals surface area contributed by atoms with Gasteiger partial charge in [-0.05, 0) is 47.7 Å². The SMILES string of the molecule is O=C(CC1c2ccccc2S(=O)(=O)N1c1ccc(SC(F)(F)F)cc1)NO. The number of benzene rings is 2. The number of carbonyl (C=O) groups is 1. The average molecular weight is 418 g/mol. The Labute approximate surface area is 157 Å². The summed E-state index contributed by atoms with van der Waals surface area (Å²) < 4.78 is 64.3. The number of nitrogens with one attached hydrogen (secondary N) is 1. The number of nitrogens with zero attached hydrogens (tertiary/aromatic N) is 1. The maximum Gasteiger partial charge on any atom is 0.446 e. The number of hydrogen-bond donors (Lipinski definition) is 2. The molecule has 27 heavy (non-hydrogen) atoms. The van der Waals surface area contributed by atoms with Crippen molar-refractivity contribution >= 4 is 33.4 Å². The van der Waals surface area contributed by atoms with Gasteiger partial charge < -0.3 is 0 Å². The molecule has 0 radical (unpaired) electrons. The molecule has 2 aromatic rings. The van der Waals surface area contributed by atoms with E-state index in [1.165, 1.54) is 29.7 Å². The fourth-order valence-electron chi connectivity index (χ4n) is 2.92. The summed E-state index contributed by atoms with van der Waals surface area (Å²) in [5.41, 5.74) is -2.50. The van der Waals surface area contributed by atoms with Crippen molar-refractivity contribution < 1.29 is 31.6 Å². The Hall–Kier alpha value is -2.24. The van der Waals surface area contributed by atoms with Gasteiger partial charge in [-0.25, -0.2) is 13.9 Å². The highest BCUT2D eigenvalue weighted by Gasteiger charge is 2.43. The van der Waals surface area contributed by atoms with Crippen molar-refractivity contribution in [3.63, 3.8) is 0 Å². The number of hydrogen-bond acceptors (Lipinski definition) is 5. The first-order valence-corrected chi connectivity index (χ1v) is 9.81. The van der Waals surface area contributed by atoms with Gasteiger partial charge in [-0.2, -0.15) is 13.2 Å². The second-order valence-corrected chi connectivity index (χ2v) is 8.56. The Bertz CT molecular complexity index is 962. The molecule has 6 nitrogen and oxygen atoms in total. The molecule has 1 aliphatic rings. The lowest BCUT2D eigenvalue weighted by atomic mass is 10.0. The lowest BCUT2D eigenvalue weighted by Gasteiger charge is -2.25. The number of anilines is 1. The number of rotatable bonds is 4. The molecular weight excluding hydrogens is 405 g/mol. The van der Waals surface area contributed by atoms with Crippen molar-refractivity contribution in [3.8, 4) is 0 Å². The van der Waals surface area contributed by atoms with Crippen molar-refractivity contribution in [2.45, 2.75) is 27.8 Å². The van der Waals surface area contributed by atoms with Gasteiger partial charge in [-0.3, -0.25) is 14.3 Å². The molecule has 1 atom stereocenters. The van der Waals surface area contributed by atoms with Crippen LogP contribution >= 0.6 is 11.8 Å². The highest BCUT2D eigenvalue weighted by Crippen LogP contribution is 2.45. The average Bonchev–Trinajstić information content (AvgIpc) is 2.82. The van der Waals surface area contributed by atoms with Gasteiger partial charge in [-0.15, -0.1) is 0 Å². The molecule has 1 unspecified atom stereocenters. The summed E-state index contributed by atoms with van der Waals surface area (Å²) in [6.07, 6.45) is -0.355. The standard InChI is InChI=1S/C16H13F3N2O4S2/c17-16(18,19)26-11-7-5-10(6-8-11)21-13(9-15(22)20-23)12-3-1-2-4-14(12)27(21,24)25/h1-8,13,23H,9H2,(H,20,22). The number of carbonyl (C=O) groups excluding carboxylic acids is 1. The van der Waals surface area contributed by atoms with E-state index in [0.29, 0.717) is 5.56 Å². The largest absolute Gasteiger partial charge is 0.446 e. The molecule has 1 heterocycles. The Morgan fingerprint density at radius 2 is 1.78 bits per heavy atom. The molecule has 2 N–H and O–H groups in total. The molecule has 144 valence electrons. The quantitative estimate of drug-likeness (QED) is 0.451. The van der Waals surface area contributed by atoms with E-state index in [4.69, 9.17) is 5.21 Å². The molecule has 11 heteroatoms. The number of thioether (sulfide) groups is 1. The van der Waals surface area contributed by atoms with Crippen LogP contribution in [0.1, 0.15) is 18.0 Å². The molecule has 0 fully saturated rings. The number of alkyl halides is 3. The van der Waals surface area contributed by atoms with Crippen LogP contribution in [0.4, 0.5) is 18.9 Å². The number of halogens is 3. The molecule has 0 aromatic heterocycles. The van der Waals surface area contributed by atoms with E-state index in [1.807, 2.05) is 0 Å². The zero-order chi connectivity index (χ0) is 19.8. The lowest BCUT2D eigenvalue weighted by Crippen LogP contribution is -2.32. The molecular formula is C16H13F3N2O4S2. The van der Waals surface area contributed by atoms with Crippen LogP contribution in [0.15, 0.2) is 58.3 Å². The topological polar surface area (TPSA) is 86.7 Å². The first kappa shape index (κ1) is 19.5. The van der Waals surface area contributed by atoms with Crippen LogP contribution in [0.5, 0.6) is 0 Å². The maximum absolute atomic E-state index is 12.9. The summed E-state index contributed by atoms with van der Waals surface area (Å²) in [5, 5.41) is 8.80. The second kappa shape index (κ2) is 7.06. The van der Waals surface area contributed by atoms with Crippen LogP contribution in [0.2, 0.25) is 0 Å². The van der Waals surface area contributed by atoms with E-state index < -0.39 is 27.5 Å². The van der Waals surface area contributed by atoms with Crippen LogP contribution in [-0.4, -0.2) is 25.0 Å². The molecule has 2 aromatic carbocycles. The first-order valence-electron chi connectivity index (χ1n) is 7.55. The molecule has 0 saturated carbocycles. The third-order valence-corrected chi connectivity index (χ3v) is 6.58. The summed E-state index contributed by atoms with van der Waals surface area (Å²) in [6.45, 7) is 0. The van der Waals surface area contributed by atoms with E-state index in [-0.39, 0.29) is 33.7 Å². The summed E-state index contributed by atoms with van der Waals surface area (Å²) in [4.78, 5) is 11.6. The zero-order valence-electron chi connectivity index (χ0n) is 13.5. The van der Waals surface area contributed by atoms with Gasteiger partial charge in [0.15, 0.2) is 0 Å². The van der Waals surface area contributed by atoms with Crippen LogP contribution < -0.4 is 9.79 Å². The number of fused-ring (bicyclic) bond motifs is 1. The van der Waals surface area contributed by atoms with E-state index in [1.54, 1.807) is 12.1 Å². The Kier molecular flexibility index (Phi) is 5.10. The summed E-state index contributed by atoms with van der Waals surface area (Å²) >= 11 is -0.311. The van der Waals surface area contributed by atoms with E-state index in [0.717, 1.165) is 16.4 Å². The van der Waals surface area contributed by atoms with Crippen molar-refractivity contribution in [1.29, 1.82) is 0 Å². The maximum atomic E-state index is 12.9. The van der Waals surface area contributed by atoms with Crippen LogP contribution in [0, 0.1) is 0 Å². The Morgan fingerprint density at radius 1 is 1.15 bits per heavy atom. The third kappa shape index (κ3) is 3.89. The van der Waals surface area contributed by atoms with Crippen molar-refractivity contribution in [3.05, 3.63) is 54.1 Å². The zero-order valence-corrected chi connectivity index (χ0v) is 15.1. The van der Waals surface area contributed by atoms with Crippen molar-refractivity contribution in [2.75, 3.05) is 4.31 Å². The molecule has 0 saturated heterocycles. The van der Waals surface area contributed by atoms with Gasteiger partial charge in [0.1, 0.15) is 0 Å². The molecule has 0 spiro atoms. The molecule has 1 amide bonds. The van der Waals surface area contributed by atoms with Gasteiger partial charge in [0.2, 0.25) is 5.91 Å². The summed E-state index contributed by atoms with van der Waals surface area (Å²) in [7, 11) is -4.01. The van der Waals surface area contributed by atoms with Crippen LogP contribution in [0.3, 0.4) is 0 Å².